The van der Waals surface area contributed by atoms with E-state index in [4.69, 9.17) is 4.74 Å². The van der Waals surface area contributed by atoms with Crippen LogP contribution in [0.25, 0.3) is 0 Å². The van der Waals surface area contributed by atoms with Crippen molar-refractivity contribution in [2.75, 3.05) is 18.1 Å². The van der Waals surface area contributed by atoms with Gasteiger partial charge in [0.25, 0.3) is 0 Å². The summed E-state index contributed by atoms with van der Waals surface area (Å²) in [6.07, 6.45) is 9.76. The van der Waals surface area contributed by atoms with Gasteiger partial charge in [-0.1, -0.05) is 12.8 Å². The maximum Gasteiger partial charge on any atom is 0.326 e. The topological polar surface area (TPSA) is 75.5 Å². The lowest BCUT2D eigenvalue weighted by molar-refractivity contribution is -0.138. The summed E-state index contributed by atoms with van der Waals surface area (Å²) in [5.74, 6) is 0.917. The summed E-state index contributed by atoms with van der Waals surface area (Å²) in [5.41, 5.74) is 0. The summed E-state index contributed by atoms with van der Waals surface area (Å²) < 4.78 is 5.74. The van der Waals surface area contributed by atoms with Crippen LogP contribution in [0.1, 0.15) is 38.5 Å². The molecule has 0 bridgehead atoms. The molecule has 1 saturated heterocycles. The lowest BCUT2D eigenvalue weighted by Crippen LogP contribution is -2.36. The molecule has 0 aromatic carbocycles. The van der Waals surface area contributed by atoms with Crippen LogP contribution >= 0.6 is 0 Å². The third-order valence-electron chi connectivity index (χ3n) is 4.37. The Balaban J connectivity index is 1.66. The number of carboxylic acids is 1. The Labute approximate surface area is 124 Å². The van der Waals surface area contributed by atoms with E-state index in [1.54, 1.807) is 17.3 Å². The minimum Gasteiger partial charge on any atom is -0.480 e. The summed E-state index contributed by atoms with van der Waals surface area (Å²) in [4.78, 5) is 21.6. The molecule has 6 heteroatoms. The molecule has 0 amide bonds. The van der Waals surface area contributed by atoms with Crippen molar-refractivity contribution in [3.8, 4) is 5.88 Å². The van der Waals surface area contributed by atoms with Crippen LogP contribution in [0.3, 0.4) is 0 Å². The number of carboxylic acid groups (broad SMARTS) is 1. The molecule has 1 N–H and O–H groups in total. The molecule has 1 aromatic heterocycles. The van der Waals surface area contributed by atoms with Gasteiger partial charge in [0.15, 0.2) is 5.82 Å². The third-order valence-corrected chi connectivity index (χ3v) is 4.37. The summed E-state index contributed by atoms with van der Waals surface area (Å²) in [6.45, 7) is 1.39. The maximum absolute atomic E-state index is 11.2. The van der Waals surface area contributed by atoms with E-state index in [1.807, 2.05) is 0 Å². The number of anilines is 1. The Kier molecular flexibility index (Phi) is 4.22. The molecule has 1 aliphatic heterocycles. The van der Waals surface area contributed by atoms with Gasteiger partial charge in [-0.3, -0.25) is 4.98 Å². The molecular weight excluding hydrogens is 270 g/mol. The van der Waals surface area contributed by atoms with E-state index < -0.39 is 12.0 Å². The van der Waals surface area contributed by atoms with Crippen molar-refractivity contribution in [2.24, 2.45) is 5.92 Å². The molecule has 2 fully saturated rings. The van der Waals surface area contributed by atoms with Crippen molar-refractivity contribution < 1.29 is 14.6 Å². The molecule has 1 aromatic rings. The number of hydrogen-bond donors (Lipinski definition) is 1. The van der Waals surface area contributed by atoms with Crippen LogP contribution in [0, 0.1) is 5.92 Å². The molecule has 114 valence electrons. The molecule has 1 saturated carbocycles. The van der Waals surface area contributed by atoms with Crippen molar-refractivity contribution in [1.82, 2.24) is 9.97 Å². The van der Waals surface area contributed by atoms with Crippen LogP contribution < -0.4 is 9.64 Å². The highest BCUT2D eigenvalue weighted by atomic mass is 16.5. The van der Waals surface area contributed by atoms with Gasteiger partial charge < -0.3 is 14.7 Å². The van der Waals surface area contributed by atoms with Crippen molar-refractivity contribution >= 4 is 11.8 Å². The summed E-state index contributed by atoms with van der Waals surface area (Å²) >= 11 is 0. The predicted molar refractivity (Wildman–Crippen MR) is 77.5 cm³/mol. The van der Waals surface area contributed by atoms with Crippen LogP contribution in [0.2, 0.25) is 0 Å². The number of aromatic nitrogens is 2. The lowest BCUT2D eigenvalue weighted by atomic mass is 10.1. The first-order chi connectivity index (χ1) is 10.2. The zero-order valence-corrected chi connectivity index (χ0v) is 12.1. The van der Waals surface area contributed by atoms with Gasteiger partial charge in [-0.15, -0.1) is 0 Å². The minimum atomic E-state index is -0.799. The third kappa shape index (κ3) is 3.25. The molecule has 2 aliphatic rings. The Hall–Kier alpha value is -1.85. The zero-order valence-electron chi connectivity index (χ0n) is 12.1. The number of nitrogens with zero attached hydrogens (tertiary/aromatic N) is 3. The Morgan fingerprint density at radius 2 is 2.10 bits per heavy atom. The summed E-state index contributed by atoms with van der Waals surface area (Å²) in [6, 6.07) is -0.496. The van der Waals surface area contributed by atoms with Gasteiger partial charge in [0.2, 0.25) is 5.88 Å². The zero-order chi connectivity index (χ0) is 14.7. The Morgan fingerprint density at radius 3 is 2.86 bits per heavy atom. The highest BCUT2D eigenvalue weighted by Gasteiger charge is 2.31. The smallest absolute Gasteiger partial charge is 0.326 e. The summed E-state index contributed by atoms with van der Waals surface area (Å²) in [5, 5.41) is 9.24. The standard InChI is InChI=1S/C15H21N3O3/c19-15(20)12-6-3-7-18(12)13-8-16-9-14(17-13)21-10-11-4-1-2-5-11/h8-9,11-12H,1-7,10H2,(H,19,20)/t12-/m1/s1. The van der Waals surface area contributed by atoms with Gasteiger partial charge in [-0.2, -0.15) is 4.98 Å². The van der Waals surface area contributed by atoms with Crippen LogP contribution in [0.5, 0.6) is 5.88 Å². The highest BCUT2D eigenvalue weighted by Crippen LogP contribution is 2.27. The van der Waals surface area contributed by atoms with Gasteiger partial charge in [-0.05, 0) is 31.6 Å². The number of rotatable bonds is 5. The monoisotopic (exact) mass is 291 g/mol. The van der Waals surface area contributed by atoms with Gasteiger partial charge >= 0.3 is 5.97 Å². The largest absolute Gasteiger partial charge is 0.480 e. The van der Waals surface area contributed by atoms with Gasteiger partial charge in [0.05, 0.1) is 19.0 Å². The first-order valence-electron chi connectivity index (χ1n) is 7.68. The van der Waals surface area contributed by atoms with E-state index in [2.05, 4.69) is 9.97 Å². The average Bonchev–Trinajstić information content (AvgIpc) is 3.16. The predicted octanol–water partition coefficient (Wildman–Crippen LogP) is 2.10. The Bertz CT molecular complexity index is 503. The molecule has 2 heterocycles. The normalized spacial score (nSPS) is 22.7. The van der Waals surface area contributed by atoms with Crippen molar-refractivity contribution in [2.45, 2.75) is 44.6 Å². The molecule has 0 spiro atoms. The molecule has 1 aliphatic carbocycles. The quantitative estimate of drug-likeness (QED) is 0.895. The number of aliphatic carboxylic acids is 1. The van der Waals surface area contributed by atoms with Gasteiger partial charge in [0, 0.05) is 6.54 Å². The van der Waals surface area contributed by atoms with Crippen molar-refractivity contribution in [1.29, 1.82) is 0 Å². The van der Waals surface area contributed by atoms with E-state index in [1.165, 1.54) is 25.7 Å². The fraction of sp³-hybridized carbons (Fsp3) is 0.667. The summed E-state index contributed by atoms with van der Waals surface area (Å²) in [7, 11) is 0. The maximum atomic E-state index is 11.2. The first-order valence-corrected chi connectivity index (χ1v) is 7.68. The Morgan fingerprint density at radius 1 is 1.29 bits per heavy atom. The molecule has 0 radical (unpaired) electrons. The van der Waals surface area contributed by atoms with Crippen molar-refractivity contribution in [3.05, 3.63) is 12.4 Å². The van der Waals surface area contributed by atoms with Crippen LogP contribution in [-0.4, -0.2) is 40.2 Å². The number of ether oxygens (including phenoxy) is 1. The van der Waals surface area contributed by atoms with Crippen LogP contribution in [0.4, 0.5) is 5.82 Å². The average molecular weight is 291 g/mol. The van der Waals surface area contributed by atoms with Gasteiger partial charge in [0.1, 0.15) is 6.04 Å². The lowest BCUT2D eigenvalue weighted by Gasteiger charge is -2.22. The number of hydrogen-bond acceptors (Lipinski definition) is 5. The SMILES string of the molecule is O=C(O)[C@H]1CCCN1c1cncc(OCC2CCCC2)n1. The fourth-order valence-electron chi connectivity index (χ4n) is 3.22. The van der Waals surface area contributed by atoms with E-state index in [9.17, 15) is 9.90 Å². The van der Waals surface area contributed by atoms with E-state index in [-0.39, 0.29) is 0 Å². The van der Waals surface area contributed by atoms with E-state index in [0.717, 1.165) is 6.42 Å². The number of carbonyl (C=O) groups is 1. The first kappa shape index (κ1) is 14.1. The van der Waals surface area contributed by atoms with Crippen LogP contribution in [0.15, 0.2) is 12.4 Å². The van der Waals surface area contributed by atoms with E-state index >= 15 is 0 Å². The molecule has 0 unspecified atom stereocenters. The molecule has 6 nitrogen and oxygen atoms in total. The highest BCUT2D eigenvalue weighted by molar-refractivity contribution is 5.78. The molecule has 1 atom stereocenters. The molecular formula is C15H21N3O3. The van der Waals surface area contributed by atoms with Crippen LogP contribution in [-0.2, 0) is 4.79 Å². The van der Waals surface area contributed by atoms with Crippen molar-refractivity contribution in [3.63, 3.8) is 0 Å². The second-order valence-corrected chi connectivity index (χ2v) is 5.87. The second-order valence-electron chi connectivity index (χ2n) is 5.87. The molecule has 3 rings (SSSR count). The fourth-order valence-corrected chi connectivity index (χ4v) is 3.22. The van der Waals surface area contributed by atoms with E-state index in [0.29, 0.717) is 37.2 Å². The second kappa shape index (κ2) is 6.28. The van der Waals surface area contributed by atoms with Gasteiger partial charge in [-0.25, -0.2) is 4.79 Å². The molecule has 21 heavy (non-hydrogen) atoms. The minimum absolute atomic E-state index is 0.496.